The van der Waals surface area contributed by atoms with Gasteiger partial charge in [-0.1, -0.05) is 6.92 Å². The average Bonchev–Trinajstić information content (AvgIpc) is 2.56. The highest BCUT2D eigenvalue weighted by molar-refractivity contribution is 7.80. The van der Waals surface area contributed by atoms with Crippen molar-refractivity contribution in [1.82, 2.24) is 5.32 Å². The number of hydrogen-bond donors (Lipinski definition) is 3. The highest BCUT2D eigenvalue weighted by Crippen LogP contribution is 2.21. The van der Waals surface area contributed by atoms with Crippen LogP contribution in [0.5, 0.6) is 0 Å². The molecule has 0 aliphatic rings. The molecule has 0 aromatic carbocycles. The third kappa shape index (κ3) is 12.3. The minimum absolute atomic E-state index is 0.0414. The fourth-order valence-corrected chi connectivity index (χ4v) is 1.84. The van der Waals surface area contributed by atoms with E-state index in [4.69, 9.17) is 18.9 Å². The molecule has 0 aromatic rings. The summed E-state index contributed by atoms with van der Waals surface area (Å²) in [6, 6.07) is 0. The Labute approximate surface area is 161 Å². The van der Waals surface area contributed by atoms with Gasteiger partial charge in [-0.3, -0.25) is 4.79 Å². The van der Waals surface area contributed by atoms with Gasteiger partial charge < -0.3 is 29.4 Å². The van der Waals surface area contributed by atoms with Gasteiger partial charge in [0.05, 0.1) is 24.2 Å². The number of rotatable bonds is 12. The molecule has 26 heavy (non-hydrogen) atoms. The van der Waals surface area contributed by atoms with Crippen LogP contribution in [0.3, 0.4) is 0 Å². The fourth-order valence-electron chi connectivity index (χ4n) is 1.72. The number of carbonyl (C=O) groups is 2. The molecule has 2 atom stereocenters. The summed E-state index contributed by atoms with van der Waals surface area (Å²) in [6.45, 7) is 9.11. The maximum absolute atomic E-state index is 11.7. The molecule has 0 heterocycles. The molecule has 2 unspecified atom stereocenters. The van der Waals surface area contributed by atoms with Crippen molar-refractivity contribution in [2.24, 2.45) is 0 Å². The van der Waals surface area contributed by atoms with Crippen molar-refractivity contribution in [3.05, 3.63) is 0 Å². The van der Waals surface area contributed by atoms with E-state index in [9.17, 15) is 14.7 Å². The average molecular weight is 396 g/mol. The fraction of sp³-hybridized carbons (Fsp3) is 0.882. The van der Waals surface area contributed by atoms with Crippen molar-refractivity contribution in [2.45, 2.75) is 65.0 Å². The minimum Gasteiger partial charge on any atom is -0.434 e. The second kappa shape index (κ2) is 12.4. The molecule has 0 aliphatic heterocycles. The van der Waals surface area contributed by atoms with Gasteiger partial charge in [0.15, 0.2) is 6.29 Å². The van der Waals surface area contributed by atoms with Gasteiger partial charge in [0, 0.05) is 12.3 Å². The Bertz CT molecular complexity index is 422. The number of carbonyl (C=O) groups excluding carboxylic acids is 2. The third-order valence-corrected chi connectivity index (χ3v) is 3.53. The zero-order valence-corrected chi connectivity index (χ0v) is 17.3. The van der Waals surface area contributed by atoms with Crippen molar-refractivity contribution in [2.75, 3.05) is 32.1 Å². The Morgan fingerprint density at radius 2 is 1.81 bits per heavy atom. The van der Waals surface area contributed by atoms with E-state index in [1.54, 1.807) is 6.92 Å². The summed E-state index contributed by atoms with van der Waals surface area (Å²) >= 11 is 3.98. The summed E-state index contributed by atoms with van der Waals surface area (Å²) in [5, 5.41) is 12.1. The Hall–Kier alpha value is -1.03. The Balaban J connectivity index is 4.41. The number of ether oxygens (including phenoxy) is 4. The quantitative estimate of drug-likeness (QED) is 0.263. The van der Waals surface area contributed by atoms with E-state index in [1.165, 1.54) is 0 Å². The molecule has 0 radical (unpaired) electrons. The summed E-state index contributed by atoms with van der Waals surface area (Å²) in [5.74, 6) is 0.305. The topological polar surface area (TPSA) is 103 Å². The molecule has 8 nitrogen and oxygen atoms in total. The molecule has 0 saturated heterocycles. The Kier molecular flexibility index (Phi) is 11.9. The van der Waals surface area contributed by atoms with Gasteiger partial charge >= 0.3 is 6.16 Å². The van der Waals surface area contributed by atoms with Gasteiger partial charge in [-0.25, -0.2) is 4.79 Å². The van der Waals surface area contributed by atoms with Crippen molar-refractivity contribution in [3.8, 4) is 0 Å². The van der Waals surface area contributed by atoms with Gasteiger partial charge in [-0.05, 0) is 34.1 Å². The standard InChI is InChI=1S/C17H33NO7S/c1-6-17(5,12-19)25-14(24-16(2,3)4)11-23-15(21)22-9-7-13(20)18-8-10-26/h14,19,26H,6-12H2,1-5H3,(H,18,20). The summed E-state index contributed by atoms with van der Waals surface area (Å²) in [4.78, 5) is 23.1. The van der Waals surface area contributed by atoms with Gasteiger partial charge in [0.1, 0.15) is 13.2 Å². The number of aliphatic hydroxyl groups excluding tert-OH is 1. The zero-order valence-electron chi connectivity index (χ0n) is 16.4. The normalized spacial score (nSPS) is 15.0. The second-order valence-corrected chi connectivity index (χ2v) is 7.42. The van der Waals surface area contributed by atoms with Crippen LogP contribution < -0.4 is 5.32 Å². The van der Waals surface area contributed by atoms with E-state index in [-0.39, 0.29) is 32.1 Å². The maximum atomic E-state index is 11.7. The van der Waals surface area contributed by atoms with Gasteiger partial charge in [-0.15, -0.1) is 0 Å². The lowest BCUT2D eigenvalue weighted by Gasteiger charge is -2.34. The largest absolute Gasteiger partial charge is 0.508 e. The summed E-state index contributed by atoms with van der Waals surface area (Å²) in [6.07, 6.45) is -1.18. The first-order chi connectivity index (χ1) is 12.0. The molecule has 0 bridgehead atoms. The highest BCUT2D eigenvalue weighted by atomic mass is 32.1. The van der Waals surface area contributed by atoms with Crippen molar-refractivity contribution in [1.29, 1.82) is 0 Å². The lowest BCUT2D eigenvalue weighted by atomic mass is 10.1. The minimum atomic E-state index is -0.916. The molecule has 9 heteroatoms. The molecule has 1 amide bonds. The predicted octanol–water partition coefficient (Wildman–Crippen LogP) is 1.89. The molecule has 0 saturated carbocycles. The van der Waals surface area contributed by atoms with Crippen molar-refractivity contribution >= 4 is 24.7 Å². The molecule has 0 aliphatic carbocycles. The van der Waals surface area contributed by atoms with Crippen LogP contribution >= 0.6 is 12.6 Å². The zero-order chi connectivity index (χ0) is 20.2. The molecule has 0 rings (SSSR count). The first-order valence-corrected chi connectivity index (χ1v) is 9.32. The van der Waals surface area contributed by atoms with Gasteiger partial charge in [0.2, 0.25) is 5.91 Å². The maximum Gasteiger partial charge on any atom is 0.508 e. The van der Waals surface area contributed by atoms with Crippen molar-refractivity contribution < 1.29 is 33.6 Å². The number of thiol groups is 1. The molecule has 154 valence electrons. The highest BCUT2D eigenvalue weighted by Gasteiger charge is 2.30. The smallest absolute Gasteiger partial charge is 0.434 e. The molecule has 0 fully saturated rings. The van der Waals surface area contributed by atoms with E-state index in [0.717, 1.165) is 0 Å². The molecular formula is C17H33NO7S. The van der Waals surface area contributed by atoms with Crippen molar-refractivity contribution in [3.63, 3.8) is 0 Å². The van der Waals surface area contributed by atoms with E-state index in [0.29, 0.717) is 18.7 Å². The van der Waals surface area contributed by atoms with E-state index in [2.05, 4.69) is 17.9 Å². The van der Waals surface area contributed by atoms with Crippen LogP contribution in [0.4, 0.5) is 4.79 Å². The Morgan fingerprint density at radius 3 is 2.31 bits per heavy atom. The lowest BCUT2D eigenvalue weighted by Crippen LogP contribution is -2.43. The van der Waals surface area contributed by atoms with Gasteiger partial charge in [-0.2, -0.15) is 12.6 Å². The molecule has 0 spiro atoms. The SMILES string of the molecule is CCC(C)(CO)OC(COC(=O)OCCC(=O)NCCS)OC(C)(C)C. The number of aliphatic hydroxyl groups is 1. The molecule has 0 aromatic heterocycles. The first kappa shape index (κ1) is 25.0. The van der Waals surface area contributed by atoms with E-state index < -0.39 is 23.6 Å². The number of amides is 1. The predicted molar refractivity (Wildman–Crippen MR) is 100 cm³/mol. The molecular weight excluding hydrogens is 362 g/mol. The van der Waals surface area contributed by atoms with Crippen LogP contribution in [0.25, 0.3) is 0 Å². The second-order valence-electron chi connectivity index (χ2n) is 6.97. The van der Waals surface area contributed by atoms with Crippen LogP contribution in [-0.2, 0) is 23.7 Å². The van der Waals surface area contributed by atoms with Crippen LogP contribution in [0.15, 0.2) is 0 Å². The Morgan fingerprint density at radius 1 is 1.15 bits per heavy atom. The van der Waals surface area contributed by atoms with Gasteiger partial charge in [0.25, 0.3) is 0 Å². The third-order valence-electron chi connectivity index (χ3n) is 3.30. The van der Waals surface area contributed by atoms with Crippen LogP contribution in [0.1, 0.15) is 47.5 Å². The number of nitrogens with one attached hydrogen (secondary N) is 1. The summed E-state index contributed by atoms with van der Waals surface area (Å²) < 4.78 is 21.4. The van der Waals surface area contributed by atoms with E-state index >= 15 is 0 Å². The summed E-state index contributed by atoms with van der Waals surface area (Å²) in [5.41, 5.74) is -1.35. The summed E-state index contributed by atoms with van der Waals surface area (Å²) in [7, 11) is 0. The van der Waals surface area contributed by atoms with E-state index in [1.807, 2.05) is 27.7 Å². The lowest BCUT2D eigenvalue weighted by molar-refractivity contribution is -0.261. The van der Waals surface area contributed by atoms with Crippen LogP contribution in [0, 0.1) is 0 Å². The van der Waals surface area contributed by atoms with Crippen LogP contribution in [-0.4, -0.2) is 66.8 Å². The monoisotopic (exact) mass is 395 g/mol. The number of hydrogen-bond acceptors (Lipinski definition) is 8. The molecule has 2 N–H and O–H groups in total. The van der Waals surface area contributed by atoms with Crippen LogP contribution in [0.2, 0.25) is 0 Å². The first-order valence-electron chi connectivity index (χ1n) is 8.69.